The molecule has 0 fully saturated rings. The fourth-order valence-corrected chi connectivity index (χ4v) is 0.773. The molecule has 1 N–H and O–H groups in total. The summed E-state index contributed by atoms with van der Waals surface area (Å²) in [6.45, 7) is -0.0456. The monoisotopic (exact) mass is 150 g/mol. The topological polar surface area (TPSA) is 46.5 Å². The third-order valence-electron chi connectivity index (χ3n) is 1.27. The number of aliphatic hydroxyl groups excluding tert-OH is 1. The van der Waals surface area contributed by atoms with Crippen molar-refractivity contribution in [1.82, 2.24) is 0 Å². The molecular formula is C7H7BO3. The number of benzene rings is 1. The third kappa shape index (κ3) is 2.16. The predicted octanol–water partition coefficient (Wildman–Crippen LogP) is 0.522. The van der Waals surface area contributed by atoms with E-state index in [1.54, 1.807) is 24.3 Å². The molecule has 0 aromatic heterocycles. The van der Waals surface area contributed by atoms with Crippen molar-refractivity contribution in [2.45, 2.75) is 6.61 Å². The van der Waals surface area contributed by atoms with Gasteiger partial charge in [0.2, 0.25) is 0 Å². The van der Waals surface area contributed by atoms with Gasteiger partial charge in [0, 0.05) is 0 Å². The van der Waals surface area contributed by atoms with Crippen molar-refractivity contribution in [3.63, 3.8) is 0 Å². The van der Waals surface area contributed by atoms with Gasteiger partial charge in [-0.05, 0) is 0 Å². The van der Waals surface area contributed by atoms with Crippen LogP contribution in [0.2, 0.25) is 0 Å². The van der Waals surface area contributed by atoms with Gasteiger partial charge in [-0.3, -0.25) is 0 Å². The van der Waals surface area contributed by atoms with Crippen LogP contribution in [0, 0.1) is 0 Å². The molecule has 0 saturated carbocycles. The summed E-state index contributed by atoms with van der Waals surface area (Å²) in [4.78, 5) is 0. The molecule has 1 aromatic rings. The Morgan fingerprint density at radius 2 is 2.36 bits per heavy atom. The fourth-order valence-electron chi connectivity index (χ4n) is 0.773. The van der Waals surface area contributed by atoms with Crippen LogP contribution in [-0.2, 0) is 11.3 Å². The second kappa shape index (κ2) is 3.88. The minimum absolute atomic E-state index is 0.0456. The first-order valence-corrected chi connectivity index (χ1v) is 3.17. The van der Waals surface area contributed by atoms with Gasteiger partial charge < -0.3 is 0 Å². The molecule has 4 heteroatoms. The van der Waals surface area contributed by atoms with E-state index in [4.69, 9.17) is 5.11 Å². The zero-order valence-electron chi connectivity index (χ0n) is 5.86. The number of aliphatic hydroxyl groups is 1. The van der Waals surface area contributed by atoms with Crippen LogP contribution in [0.15, 0.2) is 24.3 Å². The summed E-state index contributed by atoms with van der Waals surface area (Å²) >= 11 is 0. The Hall–Kier alpha value is -1.16. The van der Waals surface area contributed by atoms with Gasteiger partial charge in [-0.25, -0.2) is 0 Å². The summed E-state index contributed by atoms with van der Waals surface area (Å²) < 4.78 is 14.4. The minimum atomic E-state index is -0.0456. The molecule has 3 nitrogen and oxygen atoms in total. The summed E-state index contributed by atoms with van der Waals surface area (Å²) in [7, 11) is 0.358. The molecular weight excluding hydrogens is 143 g/mol. The number of rotatable bonds is 3. The van der Waals surface area contributed by atoms with Crippen LogP contribution < -0.4 is 4.65 Å². The van der Waals surface area contributed by atoms with E-state index in [1.165, 1.54) is 0 Å². The number of hydrogen-bond donors (Lipinski definition) is 1. The zero-order valence-corrected chi connectivity index (χ0v) is 5.86. The second-order valence-electron chi connectivity index (χ2n) is 2.02. The molecule has 0 bridgehead atoms. The molecule has 0 radical (unpaired) electrons. The molecule has 0 amide bonds. The van der Waals surface area contributed by atoms with Crippen LogP contribution in [0.4, 0.5) is 0 Å². The van der Waals surface area contributed by atoms with Gasteiger partial charge in [-0.2, -0.15) is 0 Å². The quantitative estimate of drug-likeness (QED) is 0.638. The van der Waals surface area contributed by atoms with Crippen molar-refractivity contribution < 1.29 is 14.5 Å². The van der Waals surface area contributed by atoms with E-state index in [0.717, 1.165) is 5.56 Å². The Kier molecular flexibility index (Phi) is 2.80. The molecule has 0 aliphatic carbocycles. The Bertz CT molecular complexity index is 249. The number of hydrogen-bond acceptors (Lipinski definition) is 3. The summed E-state index contributed by atoms with van der Waals surface area (Å²) in [6.07, 6.45) is 0. The van der Waals surface area contributed by atoms with Crippen molar-refractivity contribution in [2.75, 3.05) is 0 Å². The van der Waals surface area contributed by atoms with Crippen LogP contribution >= 0.6 is 0 Å². The van der Waals surface area contributed by atoms with Crippen LogP contribution in [-0.4, -0.2) is 12.5 Å². The molecule has 0 aliphatic heterocycles. The Labute approximate surface area is 64.9 Å². The molecule has 0 unspecified atom stereocenters. The van der Waals surface area contributed by atoms with Crippen LogP contribution in [0.1, 0.15) is 5.56 Å². The average molecular weight is 150 g/mol. The first kappa shape index (κ1) is 7.95. The fraction of sp³-hybridized carbons (Fsp3) is 0.143. The first-order valence-electron chi connectivity index (χ1n) is 3.17. The predicted molar refractivity (Wildman–Crippen MR) is 39.4 cm³/mol. The normalized spacial score (nSPS) is 8.82. The SMILES string of the molecule is O=BOc1cccc(CO)c1. The molecule has 0 atom stereocenters. The standard InChI is InChI=1S/C7H7BO3/c9-5-6-2-1-3-7(4-6)11-8-10/h1-4,9H,5H2. The van der Waals surface area contributed by atoms with Crippen molar-refractivity contribution in [3.05, 3.63) is 29.8 Å². The van der Waals surface area contributed by atoms with Crippen LogP contribution in [0.5, 0.6) is 5.75 Å². The molecule has 56 valence electrons. The van der Waals surface area contributed by atoms with Gasteiger partial charge in [0.25, 0.3) is 0 Å². The molecule has 0 spiro atoms. The molecule has 1 aromatic carbocycles. The summed E-state index contributed by atoms with van der Waals surface area (Å²) in [5.41, 5.74) is 0.726. The van der Waals surface area contributed by atoms with E-state index in [9.17, 15) is 4.70 Å². The van der Waals surface area contributed by atoms with Gasteiger partial charge in [0.1, 0.15) is 0 Å². The van der Waals surface area contributed by atoms with Crippen LogP contribution in [0.3, 0.4) is 0 Å². The summed E-state index contributed by atoms with van der Waals surface area (Å²) in [5.74, 6) is 0.451. The Morgan fingerprint density at radius 1 is 1.55 bits per heavy atom. The summed E-state index contributed by atoms with van der Waals surface area (Å²) in [6, 6.07) is 6.71. The van der Waals surface area contributed by atoms with Crippen LogP contribution in [0.25, 0.3) is 0 Å². The van der Waals surface area contributed by atoms with E-state index >= 15 is 0 Å². The Balaban J connectivity index is 2.82. The maximum atomic E-state index is 9.89. The molecule has 1 rings (SSSR count). The van der Waals surface area contributed by atoms with E-state index < -0.39 is 0 Å². The maximum absolute atomic E-state index is 9.89. The molecule has 0 saturated heterocycles. The van der Waals surface area contributed by atoms with Crippen molar-refractivity contribution >= 4 is 7.35 Å². The zero-order chi connectivity index (χ0) is 8.10. The van der Waals surface area contributed by atoms with Crippen molar-refractivity contribution in [3.8, 4) is 5.75 Å². The van der Waals surface area contributed by atoms with Crippen molar-refractivity contribution in [1.29, 1.82) is 0 Å². The van der Waals surface area contributed by atoms with Gasteiger partial charge in [-0.1, -0.05) is 0 Å². The van der Waals surface area contributed by atoms with Gasteiger partial charge in [0.05, 0.1) is 0 Å². The molecule has 11 heavy (non-hydrogen) atoms. The van der Waals surface area contributed by atoms with Crippen molar-refractivity contribution in [2.24, 2.45) is 0 Å². The van der Waals surface area contributed by atoms with E-state index in [0.29, 0.717) is 13.1 Å². The van der Waals surface area contributed by atoms with Gasteiger partial charge in [0.15, 0.2) is 0 Å². The van der Waals surface area contributed by atoms with E-state index in [-0.39, 0.29) is 6.61 Å². The van der Waals surface area contributed by atoms with Gasteiger partial charge in [-0.15, -0.1) is 0 Å². The third-order valence-corrected chi connectivity index (χ3v) is 1.27. The summed E-state index contributed by atoms with van der Waals surface area (Å²) in [5, 5.41) is 8.69. The average Bonchev–Trinajstić information content (AvgIpc) is 2.06. The molecule has 0 aliphatic rings. The Morgan fingerprint density at radius 3 is 3.00 bits per heavy atom. The van der Waals surface area contributed by atoms with E-state index in [1.807, 2.05) is 0 Å². The molecule has 0 heterocycles. The van der Waals surface area contributed by atoms with Gasteiger partial charge >= 0.3 is 64.0 Å². The first-order chi connectivity index (χ1) is 5.36. The second-order valence-corrected chi connectivity index (χ2v) is 2.02. The van der Waals surface area contributed by atoms with E-state index in [2.05, 4.69) is 4.65 Å².